The lowest BCUT2D eigenvalue weighted by molar-refractivity contribution is 0.304. The number of hydrogen-bond donors (Lipinski definition) is 1. The predicted molar refractivity (Wildman–Crippen MR) is 77.1 cm³/mol. The van der Waals surface area contributed by atoms with Crippen LogP contribution < -0.4 is 10.1 Å². The summed E-state index contributed by atoms with van der Waals surface area (Å²) in [5, 5.41) is 4.02. The molecule has 0 saturated heterocycles. The average molecular weight is 321 g/mol. The van der Waals surface area contributed by atoms with Gasteiger partial charge in [-0.3, -0.25) is 0 Å². The van der Waals surface area contributed by atoms with Gasteiger partial charge in [-0.15, -0.1) is 0 Å². The highest BCUT2D eigenvalue weighted by molar-refractivity contribution is 9.10. The van der Waals surface area contributed by atoms with Crippen LogP contribution in [0.15, 0.2) is 16.6 Å². The lowest BCUT2D eigenvalue weighted by atomic mass is 10.2. The highest BCUT2D eigenvalue weighted by Gasteiger charge is 2.07. The standard InChI is InChI=1S/C13H19BrClNO/c1-4-10(3)16-5-6-17-13-11(14)7-9(2)8-12(13)15/h7-8,10,16H,4-6H2,1-3H3. The van der Waals surface area contributed by atoms with E-state index in [9.17, 15) is 0 Å². The third-order valence-electron chi connectivity index (χ3n) is 2.60. The van der Waals surface area contributed by atoms with Crippen LogP contribution in [0.5, 0.6) is 5.75 Å². The van der Waals surface area contributed by atoms with Gasteiger partial charge in [0.15, 0.2) is 5.75 Å². The highest BCUT2D eigenvalue weighted by atomic mass is 79.9. The second-order valence-corrected chi connectivity index (χ2v) is 5.43. The van der Waals surface area contributed by atoms with E-state index in [-0.39, 0.29) is 0 Å². The van der Waals surface area contributed by atoms with Crippen LogP contribution in [0.3, 0.4) is 0 Å². The number of halogens is 2. The molecule has 0 saturated carbocycles. The molecule has 1 unspecified atom stereocenters. The van der Waals surface area contributed by atoms with E-state index in [0.29, 0.717) is 17.7 Å². The van der Waals surface area contributed by atoms with Crippen molar-refractivity contribution in [2.45, 2.75) is 33.2 Å². The molecule has 2 nitrogen and oxygen atoms in total. The van der Waals surface area contributed by atoms with Crippen molar-refractivity contribution < 1.29 is 4.74 Å². The molecular weight excluding hydrogens is 302 g/mol. The van der Waals surface area contributed by atoms with E-state index in [0.717, 1.165) is 28.8 Å². The molecule has 1 aromatic carbocycles. The zero-order chi connectivity index (χ0) is 12.8. The van der Waals surface area contributed by atoms with Gasteiger partial charge in [0.05, 0.1) is 9.50 Å². The lowest BCUT2D eigenvalue weighted by Crippen LogP contribution is -2.29. The Kier molecular flexibility index (Phi) is 6.31. The number of benzene rings is 1. The number of nitrogens with one attached hydrogen (secondary N) is 1. The van der Waals surface area contributed by atoms with Gasteiger partial charge in [-0.1, -0.05) is 18.5 Å². The average Bonchev–Trinajstić information content (AvgIpc) is 2.26. The Morgan fingerprint density at radius 2 is 2.18 bits per heavy atom. The predicted octanol–water partition coefficient (Wildman–Crippen LogP) is 4.18. The van der Waals surface area contributed by atoms with Gasteiger partial charge in [0, 0.05) is 12.6 Å². The molecule has 0 amide bonds. The summed E-state index contributed by atoms with van der Waals surface area (Å²) < 4.78 is 6.58. The quantitative estimate of drug-likeness (QED) is 0.794. The fraction of sp³-hybridized carbons (Fsp3) is 0.538. The summed E-state index contributed by atoms with van der Waals surface area (Å²) >= 11 is 9.59. The first-order valence-corrected chi connectivity index (χ1v) is 7.03. The second kappa shape index (κ2) is 7.24. The molecule has 0 fully saturated rings. The van der Waals surface area contributed by atoms with Crippen LogP contribution in [0.2, 0.25) is 5.02 Å². The van der Waals surface area contributed by atoms with Crippen molar-refractivity contribution in [3.63, 3.8) is 0 Å². The number of hydrogen-bond acceptors (Lipinski definition) is 2. The van der Waals surface area contributed by atoms with Crippen molar-refractivity contribution in [2.24, 2.45) is 0 Å². The molecule has 0 aliphatic carbocycles. The molecule has 0 aromatic heterocycles. The van der Waals surface area contributed by atoms with Crippen molar-refractivity contribution in [2.75, 3.05) is 13.2 Å². The Balaban J connectivity index is 2.47. The Morgan fingerprint density at radius 3 is 2.76 bits per heavy atom. The van der Waals surface area contributed by atoms with Gasteiger partial charge in [-0.05, 0) is 53.9 Å². The van der Waals surface area contributed by atoms with Gasteiger partial charge in [-0.25, -0.2) is 0 Å². The summed E-state index contributed by atoms with van der Waals surface area (Å²) in [5.41, 5.74) is 1.12. The molecule has 1 atom stereocenters. The lowest BCUT2D eigenvalue weighted by Gasteiger charge is -2.14. The summed E-state index contributed by atoms with van der Waals surface area (Å²) in [6, 6.07) is 4.43. The summed E-state index contributed by atoms with van der Waals surface area (Å²) in [5.74, 6) is 0.725. The fourth-order valence-corrected chi connectivity index (χ4v) is 2.56. The first-order valence-electron chi connectivity index (χ1n) is 5.86. The third kappa shape index (κ3) is 4.86. The SMILES string of the molecule is CCC(C)NCCOc1c(Cl)cc(C)cc1Br. The van der Waals surface area contributed by atoms with E-state index >= 15 is 0 Å². The van der Waals surface area contributed by atoms with Gasteiger partial charge < -0.3 is 10.1 Å². The molecule has 0 aliphatic heterocycles. The minimum atomic E-state index is 0.524. The largest absolute Gasteiger partial charge is 0.490 e. The van der Waals surface area contributed by atoms with Crippen molar-refractivity contribution in [3.05, 3.63) is 27.2 Å². The minimum Gasteiger partial charge on any atom is -0.490 e. The highest BCUT2D eigenvalue weighted by Crippen LogP contribution is 2.34. The van der Waals surface area contributed by atoms with E-state index < -0.39 is 0 Å². The van der Waals surface area contributed by atoms with Gasteiger partial charge in [0.1, 0.15) is 6.61 Å². The molecule has 0 aliphatic rings. The maximum atomic E-state index is 6.13. The Morgan fingerprint density at radius 1 is 1.47 bits per heavy atom. The van der Waals surface area contributed by atoms with E-state index in [4.69, 9.17) is 16.3 Å². The molecule has 0 bridgehead atoms. The smallest absolute Gasteiger partial charge is 0.152 e. The van der Waals surface area contributed by atoms with Crippen LogP contribution in [0.25, 0.3) is 0 Å². The zero-order valence-corrected chi connectivity index (χ0v) is 12.9. The fourth-order valence-electron chi connectivity index (χ4n) is 1.43. The van der Waals surface area contributed by atoms with E-state index in [2.05, 4.69) is 35.1 Å². The second-order valence-electron chi connectivity index (χ2n) is 4.17. The maximum Gasteiger partial charge on any atom is 0.152 e. The molecule has 4 heteroatoms. The molecule has 0 spiro atoms. The molecule has 1 rings (SSSR count). The molecule has 1 N–H and O–H groups in total. The summed E-state index contributed by atoms with van der Waals surface area (Å²) in [6.07, 6.45) is 1.12. The number of rotatable bonds is 6. The zero-order valence-electron chi connectivity index (χ0n) is 10.5. The van der Waals surface area contributed by atoms with Gasteiger partial charge >= 0.3 is 0 Å². The minimum absolute atomic E-state index is 0.524. The molecule has 0 radical (unpaired) electrons. The number of ether oxygens (including phenoxy) is 1. The summed E-state index contributed by atoms with van der Waals surface area (Å²) in [6.45, 7) is 7.77. The molecule has 0 heterocycles. The third-order valence-corrected chi connectivity index (χ3v) is 3.47. The molecule has 17 heavy (non-hydrogen) atoms. The number of aryl methyl sites for hydroxylation is 1. The maximum absolute atomic E-state index is 6.13. The normalized spacial score (nSPS) is 12.5. The van der Waals surface area contributed by atoms with E-state index in [1.807, 2.05) is 19.1 Å². The van der Waals surface area contributed by atoms with Crippen LogP contribution in [-0.4, -0.2) is 19.2 Å². The van der Waals surface area contributed by atoms with Crippen LogP contribution in [0, 0.1) is 6.92 Å². The van der Waals surface area contributed by atoms with Crippen LogP contribution in [0.4, 0.5) is 0 Å². The summed E-state index contributed by atoms with van der Waals surface area (Å²) in [7, 11) is 0. The molecule has 1 aromatic rings. The van der Waals surface area contributed by atoms with Crippen molar-refractivity contribution >= 4 is 27.5 Å². The van der Waals surface area contributed by atoms with Crippen LogP contribution in [-0.2, 0) is 0 Å². The Hall–Kier alpha value is -0.250. The van der Waals surface area contributed by atoms with Gasteiger partial charge in [0.2, 0.25) is 0 Å². The Labute approximate surface area is 117 Å². The van der Waals surface area contributed by atoms with E-state index in [1.54, 1.807) is 0 Å². The molecular formula is C13H19BrClNO. The van der Waals surface area contributed by atoms with Crippen LogP contribution >= 0.6 is 27.5 Å². The Bertz CT molecular complexity index is 347. The molecule has 96 valence electrons. The first-order chi connectivity index (χ1) is 8.04. The topological polar surface area (TPSA) is 21.3 Å². The van der Waals surface area contributed by atoms with Gasteiger partial charge in [0.25, 0.3) is 0 Å². The first kappa shape index (κ1) is 14.8. The van der Waals surface area contributed by atoms with Crippen molar-refractivity contribution in [1.82, 2.24) is 5.32 Å². The van der Waals surface area contributed by atoms with Crippen molar-refractivity contribution in [1.29, 1.82) is 0 Å². The van der Waals surface area contributed by atoms with Gasteiger partial charge in [-0.2, -0.15) is 0 Å². The van der Waals surface area contributed by atoms with E-state index in [1.165, 1.54) is 0 Å². The van der Waals surface area contributed by atoms with Crippen LogP contribution in [0.1, 0.15) is 25.8 Å². The van der Waals surface area contributed by atoms with Crippen molar-refractivity contribution in [3.8, 4) is 5.75 Å². The summed E-state index contributed by atoms with van der Waals surface area (Å²) in [4.78, 5) is 0. The monoisotopic (exact) mass is 319 g/mol.